The fraction of sp³-hybridized carbons (Fsp3) is 0.0769. The van der Waals surface area contributed by atoms with Crippen LogP contribution in [0.5, 0.6) is 5.75 Å². The molecule has 98 valence electrons. The van der Waals surface area contributed by atoms with Gasteiger partial charge in [-0.25, -0.2) is 9.78 Å². The quantitative estimate of drug-likeness (QED) is 0.836. The maximum absolute atomic E-state index is 10.6. The third kappa shape index (κ3) is 3.89. The SMILES string of the molecule is NC(=O)Oc1ccc(SCc2ccccc2)nc1N. The van der Waals surface area contributed by atoms with Gasteiger partial charge in [0.1, 0.15) is 0 Å². The van der Waals surface area contributed by atoms with E-state index in [2.05, 4.69) is 4.98 Å². The van der Waals surface area contributed by atoms with Gasteiger partial charge >= 0.3 is 6.09 Å². The van der Waals surface area contributed by atoms with Crippen molar-refractivity contribution in [2.24, 2.45) is 5.73 Å². The molecule has 0 saturated heterocycles. The smallest absolute Gasteiger partial charge is 0.407 e. The average Bonchev–Trinajstić information content (AvgIpc) is 2.40. The minimum atomic E-state index is -0.904. The number of pyridine rings is 1. The fourth-order valence-corrected chi connectivity index (χ4v) is 2.28. The molecule has 6 heteroatoms. The number of nitrogens with two attached hydrogens (primary N) is 2. The van der Waals surface area contributed by atoms with Crippen molar-refractivity contribution >= 4 is 23.7 Å². The number of thioether (sulfide) groups is 1. The summed E-state index contributed by atoms with van der Waals surface area (Å²) >= 11 is 1.55. The van der Waals surface area contributed by atoms with E-state index in [0.29, 0.717) is 0 Å². The van der Waals surface area contributed by atoms with Crippen molar-refractivity contribution in [2.75, 3.05) is 5.73 Å². The van der Waals surface area contributed by atoms with Gasteiger partial charge in [-0.15, -0.1) is 11.8 Å². The summed E-state index contributed by atoms with van der Waals surface area (Å²) in [5.41, 5.74) is 11.8. The summed E-state index contributed by atoms with van der Waals surface area (Å²) < 4.78 is 4.70. The summed E-state index contributed by atoms with van der Waals surface area (Å²) in [6, 6.07) is 13.4. The van der Waals surface area contributed by atoms with Crippen LogP contribution in [0, 0.1) is 0 Å². The van der Waals surface area contributed by atoms with Gasteiger partial charge in [0.05, 0.1) is 5.03 Å². The molecule has 19 heavy (non-hydrogen) atoms. The number of anilines is 1. The summed E-state index contributed by atoms with van der Waals surface area (Å²) in [5, 5.41) is 0.762. The van der Waals surface area contributed by atoms with Gasteiger partial charge in [0.15, 0.2) is 11.6 Å². The first kappa shape index (κ1) is 13.2. The molecule has 1 amide bonds. The van der Waals surface area contributed by atoms with Crippen molar-refractivity contribution in [2.45, 2.75) is 10.8 Å². The number of nitrogens with zero attached hydrogens (tertiary/aromatic N) is 1. The third-order valence-electron chi connectivity index (χ3n) is 2.30. The van der Waals surface area contributed by atoms with Crippen molar-refractivity contribution in [3.8, 4) is 5.75 Å². The van der Waals surface area contributed by atoms with Crippen LogP contribution < -0.4 is 16.2 Å². The number of benzene rings is 1. The molecule has 0 bridgehead atoms. The average molecular weight is 275 g/mol. The summed E-state index contributed by atoms with van der Waals surface area (Å²) in [7, 11) is 0. The Labute approximate surface area is 115 Å². The standard InChI is InChI=1S/C13H13N3O2S/c14-12-10(18-13(15)17)6-7-11(16-12)19-8-9-4-2-1-3-5-9/h1-7H,8H2,(H2,14,16)(H2,15,17). The molecule has 0 saturated carbocycles. The molecule has 0 atom stereocenters. The topological polar surface area (TPSA) is 91.2 Å². The Balaban J connectivity index is 2.02. The van der Waals surface area contributed by atoms with Gasteiger partial charge in [-0.05, 0) is 17.7 Å². The van der Waals surface area contributed by atoms with E-state index in [0.717, 1.165) is 10.8 Å². The minimum Gasteiger partial charge on any atom is -0.407 e. The van der Waals surface area contributed by atoms with Crippen molar-refractivity contribution in [1.29, 1.82) is 0 Å². The van der Waals surface area contributed by atoms with Gasteiger partial charge < -0.3 is 16.2 Å². The van der Waals surface area contributed by atoms with Crippen LogP contribution in [-0.4, -0.2) is 11.1 Å². The number of hydrogen-bond acceptors (Lipinski definition) is 5. The van der Waals surface area contributed by atoms with E-state index in [1.807, 2.05) is 30.3 Å². The Morgan fingerprint density at radius 2 is 1.95 bits per heavy atom. The van der Waals surface area contributed by atoms with E-state index in [9.17, 15) is 4.79 Å². The number of ether oxygens (including phenoxy) is 1. The van der Waals surface area contributed by atoms with Gasteiger partial charge in [0.25, 0.3) is 0 Å². The molecule has 2 rings (SSSR count). The second-order valence-electron chi connectivity index (χ2n) is 3.73. The first-order valence-corrected chi connectivity index (χ1v) is 6.54. The van der Waals surface area contributed by atoms with Crippen LogP contribution in [0.4, 0.5) is 10.6 Å². The molecule has 0 spiro atoms. The van der Waals surface area contributed by atoms with E-state index >= 15 is 0 Å². The Morgan fingerprint density at radius 1 is 1.21 bits per heavy atom. The molecule has 0 aliphatic rings. The largest absolute Gasteiger partial charge is 0.410 e. The second-order valence-corrected chi connectivity index (χ2v) is 4.72. The molecule has 0 aliphatic heterocycles. The molecular weight excluding hydrogens is 262 g/mol. The highest BCUT2D eigenvalue weighted by molar-refractivity contribution is 7.98. The lowest BCUT2D eigenvalue weighted by Gasteiger charge is -2.06. The lowest BCUT2D eigenvalue weighted by molar-refractivity contribution is 0.211. The number of hydrogen-bond donors (Lipinski definition) is 2. The highest BCUT2D eigenvalue weighted by Crippen LogP contribution is 2.26. The van der Waals surface area contributed by atoms with Crippen LogP contribution in [0.3, 0.4) is 0 Å². The third-order valence-corrected chi connectivity index (χ3v) is 3.30. The van der Waals surface area contributed by atoms with Crippen LogP contribution in [0.1, 0.15) is 5.56 Å². The highest BCUT2D eigenvalue weighted by atomic mass is 32.2. The first-order chi connectivity index (χ1) is 9.15. The van der Waals surface area contributed by atoms with Gasteiger partial charge in [0.2, 0.25) is 0 Å². The molecule has 1 aromatic carbocycles. The lowest BCUT2D eigenvalue weighted by Crippen LogP contribution is -2.17. The van der Waals surface area contributed by atoms with Crippen LogP contribution in [0.25, 0.3) is 0 Å². The summed E-state index contributed by atoms with van der Waals surface area (Å²) in [6.07, 6.45) is -0.904. The normalized spacial score (nSPS) is 10.1. The number of amides is 1. The summed E-state index contributed by atoms with van der Waals surface area (Å²) in [4.78, 5) is 14.8. The highest BCUT2D eigenvalue weighted by Gasteiger charge is 2.07. The Morgan fingerprint density at radius 3 is 2.58 bits per heavy atom. The molecule has 2 aromatic rings. The summed E-state index contributed by atoms with van der Waals surface area (Å²) in [6.45, 7) is 0. The van der Waals surface area contributed by atoms with Crippen molar-refractivity contribution < 1.29 is 9.53 Å². The molecule has 5 nitrogen and oxygen atoms in total. The zero-order chi connectivity index (χ0) is 13.7. The van der Waals surface area contributed by atoms with Crippen LogP contribution >= 0.6 is 11.8 Å². The monoisotopic (exact) mass is 275 g/mol. The maximum Gasteiger partial charge on any atom is 0.410 e. The van der Waals surface area contributed by atoms with Crippen LogP contribution in [-0.2, 0) is 5.75 Å². The number of carbonyl (C=O) groups excluding carboxylic acids is 1. The van der Waals surface area contributed by atoms with E-state index in [1.165, 1.54) is 5.56 Å². The molecule has 4 N–H and O–H groups in total. The second kappa shape index (κ2) is 6.10. The lowest BCUT2D eigenvalue weighted by atomic mass is 10.2. The number of aromatic nitrogens is 1. The van der Waals surface area contributed by atoms with Crippen LogP contribution in [0.2, 0.25) is 0 Å². The van der Waals surface area contributed by atoms with Crippen molar-refractivity contribution in [3.05, 3.63) is 48.0 Å². The van der Waals surface area contributed by atoms with Gasteiger partial charge in [-0.1, -0.05) is 30.3 Å². The van der Waals surface area contributed by atoms with Crippen molar-refractivity contribution in [3.63, 3.8) is 0 Å². The zero-order valence-electron chi connectivity index (χ0n) is 10.1. The van der Waals surface area contributed by atoms with E-state index in [-0.39, 0.29) is 11.6 Å². The van der Waals surface area contributed by atoms with Crippen molar-refractivity contribution in [1.82, 2.24) is 4.98 Å². The fourth-order valence-electron chi connectivity index (χ4n) is 1.45. The minimum absolute atomic E-state index is 0.150. The molecule has 1 heterocycles. The number of rotatable bonds is 4. The molecule has 0 unspecified atom stereocenters. The maximum atomic E-state index is 10.6. The number of nitrogen functional groups attached to an aromatic ring is 1. The molecule has 0 radical (unpaired) electrons. The molecule has 1 aromatic heterocycles. The summed E-state index contributed by atoms with van der Waals surface area (Å²) in [5.74, 6) is 1.12. The Bertz CT molecular complexity index is 575. The Hall–Kier alpha value is -2.21. The number of primary amides is 1. The number of carbonyl (C=O) groups is 1. The zero-order valence-corrected chi connectivity index (χ0v) is 10.9. The van der Waals surface area contributed by atoms with E-state index in [1.54, 1.807) is 23.9 Å². The molecule has 0 fully saturated rings. The molecule has 0 aliphatic carbocycles. The van der Waals surface area contributed by atoms with Crippen LogP contribution in [0.15, 0.2) is 47.5 Å². The van der Waals surface area contributed by atoms with Gasteiger partial charge in [-0.2, -0.15) is 0 Å². The molecular formula is C13H13N3O2S. The van der Waals surface area contributed by atoms with E-state index < -0.39 is 6.09 Å². The Kier molecular flexibility index (Phi) is 4.25. The predicted molar refractivity (Wildman–Crippen MR) is 74.9 cm³/mol. The van der Waals surface area contributed by atoms with Gasteiger partial charge in [0, 0.05) is 5.75 Å². The van der Waals surface area contributed by atoms with E-state index in [4.69, 9.17) is 16.2 Å². The predicted octanol–water partition coefficient (Wildman–Crippen LogP) is 2.41. The van der Waals surface area contributed by atoms with Gasteiger partial charge in [-0.3, -0.25) is 0 Å². The first-order valence-electron chi connectivity index (χ1n) is 5.55.